The van der Waals surface area contributed by atoms with Crippen LogP contribution < -0.4 is 25.3 Å². The molecule has 9 rings (SSSR count). The summed E-state index contributed by atoms with van der Waals surface area (Å²) in [5, 5.41) is 6.32. The Hall–Kier alpha value is -5.12. The normalized spacial score (nSPS) is 24.4. The number of amides is 4. The number of nitrogens with zero attached hydrogens (tertiary/aromatic N) is 6. The van der Waals surface area contributed by atoms with Crippen LogP contribution in [0.25, 0.3) is 4.85 Å². The van der Waals surface area contributed by atoms with Gasteiger partial charge in [-0.1, -0.05) is 17.7 Å². The van der Waals surface area contributed by atoms with E-state index in [1.54, 1.807) is 12.1 Å². The number of likely N-dealkylation sites (tertiary alicyclic amines) is 1. The number of halogens is 1. The van der Waals surface area contributed by atoms with E-state index in [9.17, 15) is 19.2 Å². The first-order valence-corrected chi connectivity index (χ1v) is 20.4. The molecule has 12 nitrogen and oxygen atoms in total. The summed E-state index contributed by atoms with van der Waals surface area (Å²) in [6.45, 7) is 16.7. The van der Waals surface area contributed by atoms with Gasteiger partial charge in [-0.2, -0.15) is 0 Å². The number of anilines is 4. The van der Waals surface area contributed by atoms with Crippen molar-refractivity contribution in [1.82, 2.24) is 15.1 Å². The molecule has 2 atom stereocenters. The van der Waals surface area contributed by atoms with Crippen LogP contribution in [0.15, 0.2) is 60.7 Å². The van der Waals surface area contributed by atoms with Gasteiger partial charge in [-0.05, 0) is 105 Å². The van der Waals surface area contributed by atoms with Crippen molar-refractivity contribution in [3.05, 3.63) is 88.2 Å². The topological polar surface area (TPSA) is 113 Å². The van der Waals surface area contributed by atoms with Gasteiger partial charge in [0, 0.05) is 92.1 Å². The number of piperidine rings is 3. The third kappa shape index (κ3) is 6.64. The Balaban J connectivity index is 0.726. The minimum Gasteiger partial charge on any atom is -0.380 e. The van der Waals surface area contributed by atoms with Crippen molar-refractivity contribution in [3.8, 4) is 0 Å². The third-order valence-electron chi connectivity index (χ3n) is 13.3. The van der Waals surface area contributed by atoms with E-state index in [2.05, 4.69) is 66.3 Å². The second-order valence-corrected chi connectivity index (χ2v) is 17.1. The average Bonchev–Trinajstić information content (AvgIpc) is 3.64. The molecule has 56 heavy (non-hydrogen) atoms. The highest BCUT2D eigenvalue weighted by molar-refractivity contribution is 6.33. The van der Waals surface area contributed by atoms with Crippen molar-refractivity contribution >= 4 is 63.7 Å². The molecule has 2 N–H and O–H groups in total. The zero-order valence-electron chi connectivity index (χ0n) is 31.7. The van der Waals surface area contributed by atoms with Gasteiger partial charge in [-0.25, -0.2) is 4.85 Å². The highest BCUT2D eigenvalue weighted by atomic mass is 35.5. The fourth-order valence-electron chi connectivity index (χ4n) is 10.1. The molecule has 1 unspecified atom stereocenters. The Morgan fingerprint density at radius 2 is 1.48 bits per heavy atom. The molecule has 13 heteroatoms. The number of nitrogens with one attached hydrogen (secondary N) is 2. The lowest BCUT2D eigenvalue weighted by atomic mass is 9.76. The molecule has 290 valence electrons. The first-order chi connectivity index (χ1) is 27.1. The predicted octanol–water partition coefficient (Wildman–Crippen LogP) is 5.94. The summed E-state index contributed by atoms with van der Waals surface area (Å²) < 4.78 is 0. The van der Waals surface area contributed by atoms with E-state index < -0.39 is 23.8 Å². The smallest absolute Gasteiger partial charge is 0.262 e. The van der Waals surface area contributed by atoms with Crippen molar-refractivity contribution in [1.29, 1.82) is 0 Å². The predicted molar refractivity (Wildman–Crippen MR) is 217 cm³/mol. The van der Waals surface area contributed by atoms with Gasteiger partial charge in [0.1, 0.15) is 6.04 Å². The molecule has 4 amide bonds. The van der Waals surface area contributed by atoms with E-state index in [1.807, 2.05) is 24.3 Å². The van der Waals surface area contributed by atoms with Crippen LogP contribution in [0, 0.1) is 12.0 Å². The molecule has 0 radical (unpaired) electrons. The largest absolute Gasteiger partial charge is 0.380 e. The molecule has 3 aromatic carbocycles. The molecule has 0 bridgehead atoms. The second kappa shape index (κ2) is 14.4. The lowest BCUT2D eigenvalue weighted by molar-refractivity contribution is -0.136. The summed E-state index contributed by atoms with van der Waals surface area (Å²) >= 11 is 6.40. The maximum atomic E-state index is 13.2. The minimum absolute atomic E-state index is 0.0998. The van der Waals surface area contributed by atoms with Crippen LogP contribution in [-0.4, -0.2) is 103 Å². The van der Waals surface area contributed by atoms with Gasteiger partial charge in [0.05, 0.1) is 23.7 Å². The molecular weight excluding hydrogens is 728 g/mol. The van der Waals surface area contributed by atoms with Crippen molar-refractivity contribution in [2.75, 3.05) is 65.8 Å². The average molecular weight is 775 g/mol. The summed E-state index contributed by atoms with van der Waals surface area (Å²) in [6.07, 6.45) is 5.99. The van der Waals surface area contributed by atoms with Crippen molar-refractivity contribution in [2.24, 2.45) is 5.41 Å². The Morgan fingerprint density at radius 1 is 0.821 bits per heavy atom. The van der Waals surface area contributed by atoms with Crippen molar-refractivity contribution in [2.45, 2.75) is 76.0 Å². The Bertz CT molecular complexity index is 2110. The van der Waals surface area contributed by atoms with Gasteiger partial charge >= 0.3 is 0 Å². The maximum Gasteiger partial charge on any atom is 0.262 e. The number of imide groups is 2. The van der Waals surface area contributed by atoms with Gasteiger partial charge in [0.25, 0.3) is 11.8 Å². The zero-order valence-corrected chi connectivity index (χ0v) is 32.4. The van der Waals surface area contributed by atoms with E-state index in [0.29, 0.717) is 39.3 Å². The third-order valence-corrected chi connectivity index (χ3v) is 13.6. The molecular formula is C43H47ClN8O4. The molecule has 1 spiro atoms. The van der Waals surface area contributed by atoms with Gasteiger partial charge in [-0.15, -0.1) is 0 Å². The number of benzene rings is 3. The Kier molecular flexibility index (Phi) is 9.41. The molecule has 5 fully saturated rings. The fourth-order valence-corrected chi connectivity index (χ4v) is 10.3. The van der Waals surface area contributed by atoms with E-state index in [4.69, 9.17) is 18.2 Å². The van der Waals surface area contributed by atoms with Crippen LogP contribution in [0.1, 0.15) is 72.6 Å². The number of fused-ring (bicyclic) bond motifs is 1. The highest BCUT2D eigenvalue weighted by Gasteiger charge is 2.46. The van der Waals surface area contributed by atoms with E-state index >= 15 is 0 Å². The van der Waals surface area contributed by atoms with Crippen LogP contribution in [0.4, 0.5) is 28.4 Å². The quantitative estimate of drug-likeness (QED) is 0.223. The standard InChI is InChI=1S/C43H47ClN8O4/c1-27-23-43(26-51(27)33-8-10-37(45-2)36(44)22-33)15-19-49(20-16-43)31-6-4-30(5-7-31)48-17-13-32(14-18-48)50-24-29(25-50)46-28-3-9-34-35(21-28)42(56)52(41(34)55)38-11-12-39(53)47-40(38)54/h3-10,21-22,27,29,32,38,46H,11-20,23-26H2,1H3,(H,47,53,54)/t27-,38?/m0/s1. The number of hydrogen-bond acceptors (Lipinski definition) is 9. The number of rotatable bonds is 7. The highest BCUT2D eigenvalue weighted by Crippen LogP contribution is 2.46. The van der Waals surface area contributed by atoms with Gasteiger partial charge in [-0.3, -0.25) is 34.3 Å². The van der Waals surface area contributed by atoms with E-state index in [0.717, 1.165) is 74.9 Å². The second-order valence-electron chi connectivity index (χ2n) is 16.7. The molecule has 0 saturated carbocycles. The summed E-state index contributed by atoms with van der Waals surface area (Å²) in [7, 11) is 0. The number of hydrogen-bond donors (Lipinski definition) is 2. The van der Waals surface area contributed by atoms with Crippen LogP contribution in [-0.2, 0) is 9.59 Å². The van der Waals surface area contributed by atoms with Gasteiger partial charge < -0.3 is 20.0 Å². The monoisotopic (exact) mass is 774 g/mol. The first kappa shape index (κ1) is 36.5. The molecule has 6 heterocycles. The van der Waals surface area contributed by atoms with Gasteiger partial charge in [0.2, 0.25) is 17.5 Å². The fraction of sp³-hybridized carbons (Fsp3) is 0.465. The van der Waals surface area contributed by atoms with Crippen molar-refractivity contribution < 1.29 is 19.2 Å². The number of carbonyl (C=O) groups excluding carboxylic acids is 4. The zero-order chi connectivity index (χ0) is 38.7. The Morgan fingerprint density at radius 3 is 2.14 bits per heavy atom. The molecule has 3 aromatic rings. The van der Waals surface area contributed by atoms with Crippen LogP contribution >= 0.6 is 11.6 Å². The summed E-state index contributed by atoms with van der Waals surface area (Å²) in [4.78, 5) is 64.9. The molecule has 5 saturated heterocycles. The number of carbonyl (C=O) groups is 4. The summed E-state index contributed by atoms with van der Waals surface area (Å²) in [5.74, 6) is -1.96. The lowest BCUT2D eigenvalue weighted by Crippen LogP contribution is -2.60. The lowest BCUT2D eigenvalue weighted by Gasteiger charge is -2.48. The molecule has 6 aliphatic heterocycles. The maximum absolute atomic E-state index is 13.2. The minimum atomic E-state index is -0.963. The first-order valence-electron chi connectivity index (χ1n) is 20.0. The van der Waals surface area contributed by atoms with E-state index in [-0.39, 0.29) is 24.8 Å². The molecule has 0 aromatic heterocycles. The summed E-state index contributed by atoms with van der Waals surface area (Å²) in [5.41, 5.74) is 5.90. The van der Waals surface area contributed by atoms with Gasteiger partial charge in [0.15, 0.2) is 0 Å². The molecule has 0 aliphatic carbocycles. The van der Waals surface area contributed by atoms with Crippen LogP contribution in [0.3, 0.4) is 0 Å². The van der Waals surface area contributed by atoms with Crippen LogP contribution in [0.5, 0.6) is 0 Å². The van der Waals surface area contributed by atoms with Crippen LogP contribution in [0.2, 0.25) is 5.02 Å². The SMILES string of the molecule is [C-]#[N+]c1ccc(N2CC3(CCN(c4ccc(N5CCC(N6CC(Nc7ccc8c(c7)C(=O)N(C7CCC(=O)NC7=O)C8=O)C6)CC5)cc4)CC3)C[C@@H]2C)cc1Cl. The Labute approximate surface area is 332 Å². The van der Waals surface area contributed by atoms with E-state index in [1.165, 1.54) is 30.6 Å². The summed E-state index contributed by atoms with van der Waals surface area (Å²) in [6, 6.07) is 20.5. The van der Waals surface area contributed by atoms with Crippen molar-refractivity contribution in [3.63, 3.8) is 0 Å². The molecule has 6 aliphatic rings.